The second-order valence-electron chi connectivity index (χ2n) is 3.60. The Kier molecular flexibility index (Phi) is 6.62. The fourth-order valence-corrected chi connectivity index (χ4v) is 1.75. The third-order valence-electron chi connectivity index (χ3n) is 2.72. The van der Waals surface area contributed by atoms with Crippen molar-refractivity contribution in [3.05, 3.63) is 17.7 Å². The summed E-state index contributed by atoms with van der Waals surface area (Å²) in [7, 11) is 3.44. The minimum absolute atomic E-state index is 0. The number of hydrogen-bond acceptors (Lipinski definition) is 2. The van der Waals surface area contributed by atoms with E-state index in [9.17, 15) is 4.79 Å². The highest BCUT2D eigenvalue weighted by Gasteiger charge is 2.16. The third kappa shape index (κ3) is 3.47. The molecule has 92 valence electrons. The highest BCUT2D eigenvalue weighted by molar-refractivity contribution is 5.69. The molecule has 0 atom stereocenters. The normalized spacial score (nSPS) is 9.75. The first-order valence-electron chi connectivity index (χ1n) is 5.21. The number of nitrogens with zero attached hydrogens (tertiary/aromatic N) is 2. The Labute approximate surface area is 114 Å². The lowest BCUT2D eigenvalue weighted by Gasteiger charge is -1.99. The van der Waals surface area contributed by atoms with Crippen molar-refractivity contribution in [1.82, 2.24) is 4.57 Å². The maximum atomic E-state index is 11.0. The van der Waals surface area contributed by atoms with Crippen LogP contribution in [-0.2, 0) is 29.5 Å². The topological polar surface area (TPSA) is 35.1 Å². The van der Waals surface area contributed by atoms with Crippen LogP contribution in [0.1, 0.15) is 24.9 Å². The van der Waals surface area contributed by atoms with Gasteiger partial charge in [0.15, 0.2) is 0 Å². The molecule has 0 radical (unpaired) electrons. The Morgan fingerprint density at radius 3 is 2.69 bits per heavy atom. The summed E-state index contributed by atoms with van der Waals surface area (Å²) in [5.74, 6) is 1.05. The summed E-state index contributed by atoms with van der Waals surface area (Å²) in [4.78, 5) is 11.0. The number of hydrogen-bond donors (Lipinski definition) is 0. The average molecular weight is 338 g/mol. The van der Waals surface area contributed by atoms with E-state index in [0.29, 0.717) is 6.42 Å². The second kappa shape index (κ2) is 6.88. The molecule has 4 nitrogen and oxygen atoms in total. The Bertz CT molecular complexity index is 361. The van der Waals surface area contributed by atoms with Crippen molar-refractivity contribution in [1.29, 1.82) is 0 Å². The first-order chi connectivity index (χ1) is 7.10. The molecular formula is C11H19IN2O2. The maximum absolute atomic E-state index is 11.0. The van der Waals surface area contributed by atoms with Crippen LogP contribution < -0.4 is 28.5 Å². The van der Waals surface area contributed by atoms with Crippen LogP contribution in [0.4, 0.5) is 0 Å². The molecular weight excluding hydrogens is 319 g/mol. The van der Waals surface area contributed by atoms with Crippen LogP contribution in [0.25, 0.3) is 0 Å². The molecule has 0 spiro atoms. The highest BCUT2D eigenvalue weighted by Crippen LogP contribution is 2.02. The van der Waals surface area contributed by atoms with E-state index in [1.165, 1.54) is 18.6 Å². The number of aryl methyl sites for hydroxylation is 2. The Morgan fingerprint density at radius 1 is 1.56 bits per heavy atom. The average Bonchev–Trinajstić information content (AvgIpc) is 2.51. The molecule has 0 saturated heterocycles. The van der Waals surface area contributed by atoms with Gasteiger partial charge in [-0.15, -0.1) is 0 Å². The molecule has 0 amide bonds. The van der Waals surface area contributed by atoms with Gasteiger partial charge >= 0.3 is 5.97 Å². The number of aromatic nitrogens is 2. The predicted molar refractivity (Wildman–Crippen MR) is 56.4 cm³/mol. The number of halogens is 1. The zero-order valence-corrected chi connectivity index (χ0v) is 12.4. The van der Waals surface area contributed by atoms with Gasteiger partial charge in [0.1, 0.15) is 11.9 Å². The third-order valence-corrected chi connectivity index (χ3v) is 2.72. The van der Waals surface area contributed by atoms with Gasteiger partial charge in [0, 0.05) is 13.3 Å². The van der Waals surface area contributed by atoms with Crippen molar-refractivity contribution < 1.29 is 38.1 Å². The SMILES string of the molecule is CC[n+]1c(CCC(=O)OC)cn(C)c1C.[I-]. The molecule has 0 aliphatic rings. The largest absolute Gasteiger partial charge is 1.00 e. The molecule has 0 saturated carbocycles. The summed E-state index contributed by atoms with van der Waals surface area (Å²) >= 11 is 0. The molecule has 16 heavy (non-hydrogen) atoms. The number of carbonyl (C=O) groups is 1. The summed E-state index contributed by atoms with van der Waals surface area (Å²) in [6.07, 6.45) is 3.25. The van der Waals surface area contributed by atoms with E-state index < -0.39 is 0 Å². The highest BCUT2D eigenvalue weighted by atomic mass is 127. The summed E-state index contributed by atoms with van der Waals surface area (Å²) in [5.41, 5.74) is 1.18. The lowest BCUT2D eigenvalue weighted by atomic mass is 10.2. The summed E-state index contributed by atoms with van der Waals surface area (Å²) in [6.45, 7) is 5.11. The number of esters is 1. The fourth-order valence-electron chi connectivity index (χ4n) is 1.75. The number of imidazole rings is 1. The zero-order chi connectivity index (χ0) is 11.4. The predicted octanol–water partition coefficient (Wildman–Crippen LogP) is -2.25. The van der Waals surface area contributed by atoms with Crippen LogP contribution in [0.5, 0.6) is 0 Å². The van der Waals surface area contributed by atoms with Gasteiger partial charge in [0.25, 0.3) is 5.82 Å². The summed E-state index contributed by atoms with van der Waals surface area (Å²) in [6, 6.07) is 0. The Balaban J connectivity index is 0.00000225. The van der Waals surface area contributed by atoms with E-state index >= 15 is 0 Å². The van der Waals surface area contributed by atoms with Crippen molar-refractivity contribution in [3.63, 3.8) is 0 Å². The van der Waals surface area contributed by atoms with Gasteiger partial charge in [-0.05, 0) is 6.92 Å². The van der Waals surface area contributed by atoms with Crippen LogP contribution in [0, 0.1) is 6.92 Å². The van der Waals surface area contributed by atoms with Crippen molar-refractivity contribution in [2.45, 2.75) is 33.2 Å². The second-order valence-corrected chi connectivity index (χ2v) is 3.60. The van der Waals surface area contributed by atoms with Gasteiger partial charge < -0.3 is 28.7 Å². The van der Waals surface area contributed by atoms with E-state index in [2.05, 4.69) is 33.9 Å². The van der Waals surface area contributed by atoms with E-state index in [0.717, 1.165) is 13.0 Å². The number of carbonyl (C=O) groups excluding carboxylic acids is 1. The molecule has 1 aromatic rings. The lowest BCUT2D eigenvalue weighted by molar-refractivity contribution is -0.705. The van der Waals surface area contributed by atoms with Gasteiger partial charge in [-0.2, -0.15) is 0 Å². The molecule has 1 rings (SSSR count). The summed E-state index contributed by atoms with van der Waals surface area (Å²) in [5, 5.41) is 0. The van der Waals surface area contributed by atoms with Gasteiger partial charge in [-0.25, -0.2) is 9.13 Å². The number of methoxy groups -OCH3 is 1. The van der Waals surface area contributed by atoms with E-state index in [-0.39, 0.29) is 29.9 Å². The van der Waals surface area contributed by atoms with E-state index in [1.54, 1.807) is 0 Å². The lowest BCUT2D eigenvalue weighted by Crippen LogP contribution is -3.00. The van der Waals surface area contributed by atoms with Crippen LogP contribution in [0.15, 0.2) is 6.20 Å². The number of ether oxygens (including phenoxy) is 1. The summed E-state index contributed by atoms with van der Waals surface area (Å²) < 4.78 is 8.92. The van der Waals surface area contributed by atoms with Crippen molar-refractivity contribution in [3.8, 4) is 0 Å². The fraction of sp³-hybridized carbons (Fsp3) is 0.636. The van der Waals surface area contributed by atoms with Gasteiger partial charge in [0.2, 0.25) is 0 Å². The van der Waals surface area contributed by atoms with Crippen molar-refractivity contribution in [2.24, 2.45) is 7.05 Å². The van der Waals surface area contributed by atoms with Crippen molar-refractivity contribution in [2.75, 3.05) is 7.11 Å². The van der Waals surface area contributed by atoms with Gasteiger partial charge in [-0.3, -0.25) is 4.79 Å². The van der Waals surface area contributed by atoms with E-state index in [4.69, 9.17) is 0 Å². The van der Waals surface area contributed by atoms with Crippen LogP contribution in [0.3, 0.4) is 0 Å². The van der Waals surface area contributed by atoms with Crippen LogP contribution >= 0.6 is 0 Å². The molecule has 0 unspecified atom stereocenters. The molecule has 0 N–H and O–H groups in total. The smallest absolute Gasteiger partial charge is 0.305 e. The minimum Gasteiger partial charge on any atom is -1.00 e. The Hall–Kier alpha value is -0.590. The molecule has 0 aromatic carbocycles. The molecule has 1 heterocycles. The Morgan fingerprint density at radius 2 is 2.19 bits per heavy atom. The number of rotatable bonds is 4. The quantitative estimate of drug-likeness (QED) is 0.353. The van der Waals surface area contributed by atoms with Crippen LogP contribution in [-0.4, -0.2) is 17.6 Å². The molecule has 0 fully saturated rings. The molecule has 1 aromatic heterocycles. The first-order valence-corrected chi connectivity index (χ1v) is 5.21. The molecule has 0 bridgehead atoms. The van der Waals surface area contributed by atoms with Crippen molar-refractivity contribution >= 4 is 5.97 Å². The van der Waals surface area contributed by atoms with E-state index in [1.807, 2.05) is 7.05 Å². The van der Waals surface area contributed by atoms with Crippen LogP contribution in [0.2, 0.25) is 0 Å². The zero-order valence-electron chi connectivity index (χ0n) is 10.3. The van der Waals surface area contributed by atoms with Gasteiger partial charge in [-0.1, -0.05) is 0 Å². The first kappa shape index (κ1) is 15.4. The monoisotopic (exact) mass is 338 g/mol. The minimum atomic E-state index is -0.154. The molecule has 0 aliphatic heterocycles. The van der Waals surface area contributed by atoms with Gasteiger partial charge in [0.05, 0.1) is 27.1 Å². The standard InChI is InChI=1S/C11H19N2O2.HI/c1-5-13-9(2)12(3)8-10(13)6-7-11(14)15-4;/h8H,5-7H2,1-4H3;1H/q+1;/p-1. The molecule has 5 heteroatoms. The maximum Gasteiger partial charge on any atom is 0.305 e. The molecule has 0 aliphatic carbocycles.